The number of aromatic nitrogens is 1. The van der Waals surface area contributed by atoms with E-state index in [0.29, 0.717) is 0 Å². The third-order valence-corrected chi connectivity index (χ3v) is 2.08. The van der Waals surface area contributed by atoms with Crippen molar-refractivity contribution >= 4 is 11.8 Å². The quantitative estimate of drug-likeness (QED) is 0.658. The van der Waals surface area contributed by atoms with Crippen molar-refractivity contribution in [3.05, 3.63) is 48.3 Å². The van der Waals surface area contributed by atoms with Gasteiger partial charge in [0.1, 0.15) is 0 Å². The Morgan fingerprint density at radius 3 is 2.86 bits per heavy atom. The fourth-order valence-corrected chi connectivity index (χ4v) is 1.34. The highest BCUT2D eigenvalue weighted by atomic mass is 14.7. The van der Waals surface area contributed by atoms with Crippen LogP contribution in [0.5, 0.6) is 0 Å². The van der Waals surface area contributed by atoms with Gasteiger partial charge >= 0.3 is 0 Å². The molecule has 0 aromatic carbocycles. The minimum atomic E-state index is 0.874. The third kappa shape index (κ3) is 2.16. The summed E-state index contributed by atoms with van der Waals surface area (Å²) in [6.45, 7) is 0.874. The number of pyridine rings is 1. The molecule has 0 amide bonds. The topological polar surface area (TPSA) is 25.2 Å². The van der Waals surface area contributed by atoms with E-state index in [1.165, 1.54) is 0 Å². The summed E-state index contributed by atoms with van der Waals surface area (Å²) in [6.07, 6.45) is 12.9. The normalized spacial score (nSPS) is 21.9. The molecular formula is C12H12N2. The van der Waals surface area contributed by atoms with Gasteiger partial charge in [-0.3, -0.25) is 9.98 Å². The van der Waals surface area contributed by atoms with Gasteiger partial charge in [-0.25, -0.2) is 0 Å². The molecule has 0 saturated heterocycles. The van der Waals surface area contributed by atoms with E-state index in [0.717, 1.165) is 24.1 Å². The number of hydrogen-bond donors (Lipinski definition) is 0. The molecule has 0 fully saturated rings. The zero-order valence-electron chi connectivity index (χ0n) is 7.93. The summed E-state index contributed by atoms with van der Waals surface area (Å²) in [7, 11) is 0. The van der Waals surface area contributed by atoms with Crippen molar-refractivity contribution in [1.29, 1.82) is 0 Å². The smallest absolute Gasteiger partial charge is 0.0424 e. The van der Waals surface area contributed by atoms with Crippen LogP contribution in [0.3, 0.4) is 0 Å². The van der Waals surface area contributed by atoms with E-state index in [-0.39, 0.29) is 0 Å². The summed E-state index contributed by atoms with van der Waals surface area (Å²) in [6, 6.07) is 3.99. The second kappa shape index (κ2) is 4.51. The first-order valence-corrected chi connectivity index (χ1v) is 4.74. The largest absolute Gasteiger partial charge is 0.292 e. The molecule has 0 aliphatic carbocycles. The molecule has 1 aliphatic heterocycles. The van der Waals surface area contributed by atoms with Crippen LogP contribution in [0.25, 0.3) is 5.57 Å². The Morgan fingerprint density at radius 2 is 2.00 bits per heavy atom. The molecule has 2 nitrogen and oxygen atoms in total. The lowest BCUT2D eigenvalue weighted by Gasteiger charge is -2.01. The number of aliphatic imine (C=N–C) groups is 1. The molecule has 1 aromatic heterocycles. The summed E-state index contributed by atoms with van der Waals surface area (Å²) in [5.41, 5.74) is 2.30. The molecule has 0 spiro atoms. The lowest BCUT2D eigenvalue weighted by Crippen LogP contribution is -1.89. The highest BCUT2D eigenvalue weighted by Gasteiger charge is 1.97. The van der Waals surface area contributed by atoms with Crippen molar-refractivity contribution < 1.29 is 0 Å². The van der Waals surface area contributed by atoms with E-state index in [1.54, 1.807) is 12.4 Å². The van der Waals surface area contributed by atoms with Crippen LogP contribution in [0.4, 0.5) is 0 Å². The molecule has 1 aliphatic rings. The first-order valence-electron chi connectivity index (χ1n) is 4.74. The Hall–Kier alpha value is -1.70. The van der Waals surface area contributed by atoms with Crippen LogP contribution in [0.1, 0.15) is 12.0 Å². The van der Waals surface area contributed by atoms with Crippen LogP contribution in [0.15, 0.2) is 47.7 Å². The second-order valence-corrected chi connectivity index (χ2v) is 3.11. The van der Waals surface area contributed by atoms with Crippen LogP contribution in [-0.2, 0) is 0 Å². The lowest BCUT2D eigenvalue weighted by molar-refractivity contribution is 1.01. The number of allylic oxidation sites excluding steroid dienone is 3. The summed E-state index contributed by atoms with van der Waals surface area (Å²) >= 11 is 0. The second-order valence-electron chi connectivity index (χ2n) is 3.11. The van der Waals surface area contributed by atoms with Crippen LogP contribution in [0, 0.1) is 0 Å². The van der Waals surface area contributed by atoms with E-state index in [1.807, 2.05) is 18.3 Å². The predicted molar refractivity (Wildman–Crippen MR) is 59.3 cm³/mol. The van der Waals surface area contributed by atoms with Gasteiger partial charge in [-0.05, 0) is 29.7 Å². The Kier molecular flexibility index (Phi) is 2.86. The maximum absolute atomic E-state index is 4.32. The van der Waals surface area contributed by atoms with Gasteiger partial charge in [0.2, 0.25) is 0 Å². The lowest BCUT2D eigenvalue weighted by atomic mass is 10.1. The summed E-state index contributed by atoms with van der Waals surface area (Å²) in [4.78, 5) is 8.32. The average Bonchev–Trinajstić information content (AvgIpc) is 2.18. The summed E-state index contributed by atoms with van der Waals surface area (Å²) in [5, 5.41) is 0. The molecule has 0 atom stereocenters. The van der Waals surface area contributed by atoms with Crippen molar-refractivity contribution in [2.45, 2.75) is 6.42 Å². The van der Waals surface area contributed by atoms with Crippen molar-refractivity contribution in [3.8, 4) is 0 Å². The van der Waals surface area contributed by atoms with E-state index in [4.69, 9.17) is 0 Å². The molecule has 2 rings (SSSR count). The van der Waals surface area contributed by atoms with Gasteiger partial charge in [0.05, 0.1) is 0 Å². The van der Waals surface area contributed by atoms with Gasteiger partial charge < -0.3 is 0 Å². The van der Waals surface area contributed by atoms with Crippen molar-refractivity contribution in [2.75, 3.05) is 6.54 Å². The van der Waals surface area contributed by atoms with Crippen molar-refractivity contribution in [2.24, 2.45) is 4.99 Å². The maximum Gasteiger partial charge on any atom is 0.0424 e. The summed E-state index contributed by atoms with van der Waals surface area (Å²) in [5.74, 6) is 0. The average molecular weight is 184 g/mol. The molecule has 0 N–H and O–H groups in total. The van der Waals surface area contributed by atoms with Crippen LogP contribution >= 0.6 is 0 Å². The highest BCUT2D eigenvalue weighted by Crippen LogP contribution is 2.12. The van der Waals surface area contributed by atoms with Gasteiger partial charge in [0, 0.05) is 25.2 Å². The molecule has 1 aromatic rings. The van der Waals surface area contributed by atoms with Crippen molar-refractivity contribution in [3.63, 3.8) is 0 Å². The molecule has 70 valence electrons. The first kappa shape index (κ1) is 8.88. The fourth-order valence-electron chi connectivity index (χ4n) is 1.34. The standard InChI is InChI=1S/C12H12N2/c1-2-4-12(10-14-7-3-1)11-5-8-13-9-6-11/h1-2,4-6,8-10H,3,7H2/b2-1-,12-4+,14-10?. The van der Waals surface area contributed by atoms with Gasteiger partial charge in [-0.1, -0.05) is 18.2 Å². The third-order valence-electron chi connectivity index (χ3n) is 2.08. The van der Waals surface area contributed by atoms with Crippen LogP contribution in [0.2, 0.25) is 0 Å². The molecule has 2 heteroatoms. The minimum Gasteiger partial charge on any atom is -0.292 e. The molecule has 0 radical (unpaired) electrons. The van der Waals surface area contributed by atoms with Gasteiger partial charge in [0.25, 0.3) is 0 Å². The molecule has 2 heterocycles. The predicted octanol–water partition coefficient (Wildman–Crippen LogP) is 2.50. The molecular weight excluding hydrogens is 172 g/mol. The molecule has 14 heavy (non-hydrogen) atoms. The van der Waals surface area contributed by atoms with Gasteiger partial charge in [-0.15, -0.1) is 0 Å². The number of hydrogen-bond acceptors (Lipinski definition) is 2. The highest BCUT2D eigenvalue weighted by molar-refractivity contribution is 6.10. The van der Waals surface area contributed by atoms with E-state index < -0.39 is 0 Å². The first-order chi connectivity index (χ1) is 6.97. The molecule has 0 unspecified atom stereocenters. The maximum atomic E-state index is 4.32. The SMILES string of the molecule is C1=NCC/C=C\C=C/1c1ccncc1. The zero-order valence-corrected chi connectivity index (χ0v) is 7.93. The molecule has 0 saturated carbocycles. The van der Waals surface area contributed by atoms with Crippen LogP contribution in [-0.4, -0.2) is 17.7 Å². The van der Waals surface area contributed by atoms with Crippen LogP contribution < -0.4 is 0 Å². The Bertz CT molecular complexity index is 375. The van der Waals surface area contributed by atoms with E-state index in [9.17, 15) is 0 Å². The zero-order chi connectivity index (χ0) is 9.64. The number of rotatable bonds is 1. The van der Waals surface area contributed by atoms with Gasteiger partial charge in [0.15, 0.2) is 0 Å². The van der Waals surface area contributed by atoms with Crippen molar-refractivity contribution in [1.82, 2.24) is 4.98 Å². The van der Waals surface area contributed by atoms with E-state index >= 15 is 0 Å². The summed E-state index contributed by atoms with van der Waals surface area (Å²) < 4.78 is 0. The Labute approximate surface area is 83.7 Å². The number of nitrogens with zero attached hydrogens (tertiary/aromatic N) is 2. The van der Waals surface area contributed by atoms with E-state index in [2.05, 4.69) is 28.2 Å². The minimum absolute atomic E-state index is 0.874. The molecule has 0 bridgehead atoms. The Balaban J connectivity index is 2.32. The fraction of sp³-hybridized carbons (Fsp3) is 0.167. The van der Waals surface area contributed by atoms with Gasteiger partial charge in [-0.2, -0.15) is 0 Å². The monoisotopic (exact) mass is 184 g/mol. The Morgan fingerprint density at radius 1 is 1.14 bits per heavy atom.